The highest BCUT2D eigenvalue weighted by molar-refractivity contribution is 5.79. The van der Waals surface area contributed by atoms with Crippen molar-refractivity contribution < 1.29 is 14.7 Å². The first-order chi connectivity index (χ1) is 14.0. The minimum absolute atomic E-state index is 0.0266. The highest BCUT2D eigenvalue weighted by Crippen LogP contribution is 2.25. The van der Waals surface area contributed by atoms with Crippen LogP contribution in [-0.4, -0.2) is 50.4 Å². The van der Waals surface area contributed by atoms with Crippen molar-refractivity contribution in [3.05, 3.63) is 48.0 Å². The molecule has 0 radical (unpaired) electrons. The van der Waals surface area contributed by atoms with Crippen LogP contribution in [0.3, 0.4) is 0 Å². The molecule has 3 atom stereocenters. The molecule has 8 nitrogen and oxygen atoms in total. The molecular weight excluding hydrogens is 370 g/mol. The Morgan fingerprint density at radius 1 is 1.28 bits per heavy atom. The molecule has 2 heterocycles. The summed E-state index contributed by atoms with van der Waals surface area (Å²) in [5.74, 6) is -0.378. The summed E-state index contributed by atoms with van der Waals surface area (Å²) in [7, 11) is 0. The van der Waals surface area contributed by atoms with Gasteiger partial charge in [0.2, 0.25) is 11.8 Å². The smallest absolute Gasteiger partial charge is 0.223 e. The van der Waals surface area contributed by atoms with Gasteiger partial charge in [0, 0.05) is 56.1 Å². The lowest BCUT2D eigenvalue weighted by atomic mass is 9.83. The van der Waals surface area contributed by atoms with Crippen molar-refractivity contribution in [3.8, 4) is 0 Å². The number of aromatic nitrogens is 3. The zero-order valence-corrected chi connectivity index (χ0v) is 16.8. The molecule has 0 aliphatic heterocycles. The summed E-state index contributed by atoms with van der Waals surface area (Å²) in [5.41, 5.74) is 2.09. The van der Waals surface area contributed by atoms with Crippen molar-refractivity contribution in [2.24, 2.45) is 5.92 Å². The lowest BCUT2D eigenvalue weighted by Gasteiger charge is -2.33. The SMILES string of the molecule is Cc1cccnc1CCNC(=O)[C@H]1CC[C@@H](O)[C@H](NC(=O)CCn2cccn2)C1. The molecule has 1 saturated carbocycles. The maximum Gasteiger partial charge on any atom is 0.223 e. The van der Waals surface area contributed by atoms with E-state index in [1.807, 2.05) is 19.1 Å². The van der Waals surface area contributed by atoms with Crippen molar-refractivity contribution in [1.29, 1.82) is 0 Å². The average Bonchev–Trinajstić information content (AvgIpc) is 3.23. The van der Waals surface area contributed by atoms with E-state index in [-0.39, 0.29) is 24.2 Å². The summed E-state index contributed by atoms with van der Waals surface area (Å²) in [5, 5.41) is 20.2. The van der Waals surface area contributed by atoms with E-state index in [1.54, 1.807) is 29.3 Å². The van der Waals surface area contributed by atoms with Crippen LogP contribution in [0.2, 0.25) is 0 Å². The van der Waals surface area contributed by atoms with Gasteiger partial charge in [-0.15, -0.1) is 0 Å². The predicted molar refractivity (Wildman–Crippen MR) is 108 cm³/mol. The van der Waals surface area contributed by atoms with Gasteiger partial charge in [0.1, 0.15) is 0 Å². The van der Waals surface area contributed by atoms with Crippen LogP contribution < -0.4 is 10.6 Å². The molecule has 156 valence electrons. The molecule has 2 amide bonds. The quantitative estimate of drug-likeness (QED) is 0.613. The van der Waals surface area contributed by atoms with Gasteiger partial charge in [0.25, 0.3) is 0 Å². The molecule has 3 rings (SSSR count). The van der Waals surface area contributed by atoms with E-state index in [1.165, 1.54) is 0 Å². The monoisotopic (exact) mass is 399 g/mol. The fourth-order valence-electron chi connectivity index (χ4n) is 3.70. The molecule has 0 unspecified atom stereocenters. The fraction of sp³-hybridized carbons (Fsp3) is 0.524. The third-order valence-electron chi connectivity index (χ3n) is 5.44. The van der Waals surface area contributed by atoms with Gasteiger partial charge in [-0.2, -0.15) is 5.10 Å². The van der Waals surface area contributed by atoms with Gasteiger partial charge in [0.15, 0.2) is 0 Å². The number of nitrogens with one attached hydrogen (secondary N) is 2. The number of rotatable bonds is 8. The minimum Gasteiger partial charge on any atom is -0.391 e. The molecule has 29 heavy (non-hydrogen) atoms. The molecule has 1 aliphatic carbocycles. The molecule has 0 spiro atoms. The first-order valence-electron chi connectivity index (χ1n) is 10.2. The standard InChI is InChI=1S/C21H29N5O3/c1-15-4-2-9-22-17(15)7-11-23-21(29)16-5-6-19(27)18(14-16)25-20(28)8-13-26-12-3-10-24-26/h2-4,9-10,12,16,18-19,27H,5-8,11,13-14H2,1H3,(H,23,29)(H,25,28)/t16-,18+,19+/m0/s1. The second-order valence-electron chi connectivity index (χ2n) is 7.58. The number of amides is 2. The average molecular weight is 399 g/mol. The molecule has 8 heteroatoms. The van der Waals surface area contributed by atoms with Gasteiger partial charge in [-0.25, -0.2) is 0 Å². The van der Waals surface area contributed by atoms with Crippen molar-refractivity contribution in [2.45, 2.75) is 57.7 Å². The van der Waals surface area contributed by atoms with Crippen LogP contribution in [0.25, 0.3) is 0 Å². The Bertz CT molecular complexity index is 808. The largest absolute Gasteiger partial charge is 0.391 e. The molecule has 1 aliphatic rings. The van der Waals surface area contributed by atoms with E-state index >= 15 is 0 Å². The Hall–Kier alpha value is -2.74. The molecular formula is C21H29N5O3. The van der Waals surface area contributed by atoms with Crippen LogP contribution in [0, 0.1) is 12.8 Å². The second kappa shape index (κ2) is 10.2. The van der Waals surface area contributed by atoms with Gasteiger partial charge < -0.3 is 15.7 Å². The number of aliphatic hydroxyl groups excluding tert-OH is 1. The third kappa shape index (κ3) is 6.12. The number of nitrogens with zero attached hydrogens (tertiary/aromatic N) is 3. The first kappa shape index (κ1) is 21.0. The summed E-state index contributed by atoms with van der Waals surface area (Å²) in [4.78, 5) is 29.1. The van der Waals surface area contributed by atoms with E-state index in [4.69, 9.17) is 0 Å². The van der Waals surface area contributed by atoms with Gasteiger partial charge in [-0.1, -0.05) is 6.07 Å². The fourth-order valence-corrected chi connectivity index (χ4v) is 3.70. The zero-order valence-electron chi connectivity index (χ0n) is 16.8. The van der Waals surface area contributed by atoms with E-state index in [0.29, 0.717) is 38.8 Å². The maximum atomic E-state index is 12.6. The van der Waals surface area contributed by atoms with Crippen LogP contribution in [-0.2, 0) is 22.6 Å². The number of carbonyl (C=O) groups is 2. The Morgan fingerprint density at radius 2 is 2.14 bits per heavy atom. The van der Waals surface area contributed by atoms with E-state index in [0.717, 1.165) is 11.3 Å². The normalized spacial score (nSPS) is 21.5. The molecule has 2 aromatic rings. The summed E-state index contributed by atoms with van der Waals surface area (Å²) >= 11 is 0. The summed E-state index contributed by atoms with van der Waals surface area (Å²) < 4.78 is 1.69. The van der Waals surface area contributed by atoms with E-state index < -0.39 is 12.1 Å². The van der Waals surface area contributed by atoms with Crippen LogP contribution in [0.1, 0.15) is 36.9 Å². The Balaban J connectivity index is 1.43. The van der Waals surface area contributed by atoms with Crippen molar-refractivity contribution in [1.82, 2.24) is 25.4 Å². The minimum atomic E-state index is -0.621. The number of hydrogen-bond donors (Lipinski definition) is 3. The van der Waals surface area contributed by atoms with Gasteiger partial charge in [-0.05, 0) is 43.9 Å². The Labute approximate surface area is 170 Å². The summed E-state index contributed by atoms with van der Waals surface area (Å²) in [6.45, 7) is 3.02. The van der Waals surface area contributed by atoms with Crippen LogP contribution >= 0.6 is 0 Å². The predicted octanol–water partition coefficient (Wildman–Crippen LogP) is 0.981. The Kier molecular flexibility index (Phi) is 7.35. The summed E-state index contributed by atoms with van der Waals surface area (Å²) in [6, 6.07) is 5.31. The van der Waals surface area contributed by atoms with E-state index in [9.17, 15) is 14.7 Å². The van der Waals surface area contributed by atoms with Crippen LogP contribution in [0.4, 0.5) is 0 Å². The first-order valence-corrected chi connectivity index (χ1v) is 10.2. The van der Waals surface area contributed by atoms with Crippen molar-refractivity contribution in [2.75, 3.05) is 6.54 Å². The highest BCUT2D eigenvalue weighted by atomic mass is 16.3. The molecule has 0 aromatic carbocycles. The second-order valence-corrected chi connectivity index (χ2v) is 7.58. The third-order valence-corrected chi connectivity index (χ3v) is 5.44. The van der Waals surface area contributed by atoms with Crippen LogP contribution in [0.15, 0.2) is 36.8 Å². The zero-order chi connectivity index (χ0) is 20.6. The number of pyridine rings is 1. The molecule has 0 bridgehead atoms. The number of aryl methyl sites for hydroxylation is 2. The Morgan fingerprint density at radius 3 is 2.90 bits per heavy atom. The van der Waals surface area contributed by atoms with E-state index in [2.05, 4.69) is 20.7 Å². The summed E-state index contributed by atoms with van der Waals surface area (Å²) in [6.07, 6.45) is 7.14. The van der Waals surface area contributed by atoms with Gasteiger partial charge in [-0.3, -0.25) is 19.3 Å². The number of aliphatic hydroxyl groups is 1. The molecule has 1 fully saturated rings. The van der Waals surface area contributed by atoms with Crippen molar-refractivity contribution >= 4 is 11.8 Å². The molecule has 3 N–H and O–H groups in total. The maximum absolute atomic E-state index is 12.6. The van der Waals surface area contributed by atoms with Gasteiger partial charge >= 0.3 is 0 Å². The lowest BCUT2D eigenvalue weighted by Crippen LogP contribution is -2.49. The number of hydrogen-bond acceptors (Lipinski definition) is 5. The van der Waals surface area contributed by atoms with Gasteiger partial charge in [0.05, 0.1) is 12.1 Å². The number of carbonyl (C=O) groups excluding carboxylic acids is 2. The van der Waals surface area contributed by atoms with Crippen LogP contribution in [0.5, 0.6) is 0 Å². The lowest BCUT2D eigenvalue weighted by molar-refractivity contribution is -0.129. The molecule has 0 saturated heterocycles. The molecule has 2 aromatic heterocycles. The topological polar surface area (TPSA) is 109 Å². The highest BCUT2D eigenvalue weighted by Gasteiger charge is 2.33. The van der Waals surface area contributed by atoms with Crippen molar-refractivity contribution in [3.63, 3.8) is 0 Å².